The molecular formula is C28H65N4O15P. The Morgan fingerprint density at radius 3 is 0.917 bits per heavy atom. The summed E-state index contributed by atoms with van der Waals surface area (Å²) in [6.45, 7) is 14.2. The van der Waals surface area contributed by atoms with Gasteiger partial charge in [0.2, 0.25) is 5.91 Å². The number of rotatable bonds is 6. The van der Waals surface area contributed by atoms with Crippen LogP contribution < -0.4 is 10.6 Å². The number of amides is 2. The number of aliphatic imine (C=N–C) groups is 1. The Hall–Kier alpha value is -3.35. The summed E-state index contributed by atoms with van der Waals surface area (Å²) < 4.78 is 49.8. The molecule has 0 saturated carbocycles. The molecule has 0 aromatic carbocycles. The van der Waals surface area contributed by atoms with Crippen molar-refractivity contribution in [1.82, 2.24) is 10.6 Å². The van der Waals surface area contributed by atoms with E-state index in [0.29, 0.717) is 0 Å². The molecule has 2 amide bonds. The fourth-order valence-electron chi connectivity index (χ4n) is 0.675. The Bertz CT molecular complexity index is 782. The molecule has 19 nitrogen and oxygen atoms in total. The van der Waals surface area contributed by atoms with Gasteiger partial charge in [0.1, 0.15) is 7.11 Å². The monoisotopic (exact) mass is 728 g/mol. The molecule has 2 N–H and O–H groups in total. The van der Waals surface area contributed by atoms with E-state index in [1.807, 2.05) is 41.5 Å². The van der Waals surface area contributed by atoms with Gasteiger partial charge in [-0.2, -0.15) is 0 Å². The van der Waals surface area contributed by atoms with Crippen LogP contribution in [-0.2, 0) is 61.0 Å². The van der Waals surface area contributed by atoms with E-state index in [4.69, 9.17) is 9.47 Å². The quantitative estimate of drug-likeness (QED) is 0.0960. The third-order valence-corrected chi connectivity index (χ3v) is 5.08. The molecule has 292 valence electrons. The summed E-state index contributed by atoms with van der Waals surface area (Å²) in [6.07, 6.45) is -1.06. The van der Waals surface area contributed by atoms with Gasteiger partial charge in [0.15, 0.2) is 5.79 Å². The largest absolute Gasteiger partial charge is 0.507 e. The van der Waals surface area contributed by atoms with E-state index in [2.05, 4.69) is 58.1 Å². The summed E-state index contributed by atoms with van der Waals surface area (Å²) >= 11 is 0. The number of hydrogen-bond acceptors (Lipinski definition) is 17. The first-order valence-electron chi connectivity index (χ1n) is 13.4. The van der Waals surface area contributed by atoms with Crippen LogP contribution in [0.15, 0.2) is 10.1 Å². The highest BCUT2D eigenvalue weighted by Crippen LogP contribution is 2.46. The third kappa shape index (κ3) is 90.1. The lowest BCUT2D eigenvalue weighted by atomic mass is 10.4. The zero-order chi connectivity index (χ0) is 40.4. The van der Waals surface area contributed by atoms with Crippen molar-refractivity contribution >= 4 is 43.4 Å². The van der Waals surface area contributed by atoms with Crippen LogP contribution >= 0.6 is 7.82 Å². The van der Waals surface area contributed by atoms with Crippen LogP contribution in [0.3, 0.4) is 0 Å². The van der Waals surface area contributed by atoms with Gasteiger partial charge in [0.05, 0.1) is 34.2 Å². The van der Waals surface area contributed by atoms with E-state index in [1.54, 1.807) is 28.3 Å². The van der Waals surface area contributed by atoms with Crippen molar-refractivity contribution in [3.05, 3.63) is 0 Å². The Balaban J connectivity index is -0.0000000638. The molecule has 0 bridgehead atoms. The van der Waals surface area contributed by atoms with Crippen LogP contribution in [0.5, 0.6) is 0 Å². The van der Waals surface area contributed by atoms with Crippen molar-refractivity contribution in [3.63, 3.8) is 0 Å². The minimum atomic E-state index is -3.16. The molecule has 0 radical (unpaired) electrons. The predicted molar refractivity (Wildman–Crippen MR) is 186 cm³/mol. The van der Waals surface area contributed by atoms with Crippen molar-refractivity contribution in [1.29, 1.82) is 0 Å². The number of nitrogens with one attached hydrogen (secondary N) is 2. The number of carbonyl (C=O) groups is 4. The number of ether oxygens (including phenoxy) is 6. The lowest BCUT2D eigenvalue weighted by molar-refractivity contribution is -0.178. The second-order valence-corrected chi connectivity index (χ2v) is 10.1. The smallest absolute Gasteiger partial charge is 0.469 e. The molecule has 0 aliphatic carbocycles. The van der Waals surface area contributed by atoms with Crippen molar-refractivity contribution < 1.29 is 70.6 Å². The highest BCUT2D eigenvalue weighted by atomic mass is 31.2. The number of carbonyl (C=O) groups excluding carboxylic acids is 4. The molecular weight excluding hydrogens is 663 g/mol. The van der Waals surface area contributed by atoms with Crippen LogP contribution in [-0.4, -0.2) is 134 Å². The standard InChI is InChI=1S/C5H12O2.C4H9NO.C4H9N.C3H7NO2.C3H7NO.C3H9O4P.C3H6O3.C3H6O2/c1-5(2,6-3)7-4;1-4(2)5-6-3;1-4(2)5-3;1-4-3(5)6-2;1-3(5)4-2;1-5-8(4,6-2)7-3;1-5-3(4)6-2;1-3(4)5-2/h1-4H3;1-3H3;1-3H3;1-2H3,(H,4,5);1-2H3,(H,4,5);1-3H3;1-2H3;1-2H3. The normalized spacial score (nSPS) is 8.52. The summed E-state index contributed by atoms with van der Waals surface area (Å²) in [6, 6.07) is 0. The maximum Gasteiger partial charge on any atom is 0.507 e. The molecule has 48 heavy (non-hydrogen) atoms. The molecule has 0 rings (SSSR count). The highest BCUT2D eigenvalue weighted by Gasteiger charge is 2.18. The van der Waals surface area contributed by atoms with Crippen LogP contribution in [0.4, 0.5) is 9.59 Å². The van der Waals surface area contributed by atoms with E-state index in [9.17, 15) is 23.7 Å². The van der Waals surface area contributed by atoms with E-state index in [0.717, 1.165) is 11.4 Å². The molecule has 0 aromatic heterocycles. The highest BCUT2D eigenvalue weighted by molar-refractivity contribution is 7.48. The summed E-state index contributed by atoms with van der Waals surface area (Å²) in [4.78, 5) is 47.1. The Kier molecular flexibility index (Phi) is 63.4. The second kappa shape index (κ2) is 48.1. The SMILES string of the molecule is CN=C(C)C.CNC(=O)OC.CNC(C)=O.COC(=O)OC.COC(C)(C)OC.COC(C)=O.CON=C(C)C.COP(=O)(OC)OC. The Morgan fingerprint density at radius 2 is 0.917 bits per heavy atom. The first kappa shape index (κ1) is 63.3. The number of oxime groups is 1. The van der Waals surface area contributed by atoms with Gasteiger partial charge >= 0.3 is 26.0 Å². The second-order valence-electron chi connectivity index (χ2n) is 8.10. The first-order valence-corrected chi connectivity index (χ1v) is 14.9. The number of esters is 1. The topological polar surface area (TPSA) is 226 Å². The molecule has 20 heteroatoms. The van der Waals surface area contributed by atoms with E-state index in [-0.39, 0.29) is 11.9 Å². The molecule has 0 heterocycles. The van der Waals surface area contributed by atoms with Gasteiger partial charge in [0.25, 0.3) is 0 Å². The first-order chi connectivity index (χ1) is 22.0. The van der Waals surface area contributed by atoms with Gasteiger partial charge in [-0.15, -0.1) is 0 Å². The molecule has 0 fully saturated rings. The number of nitrogens with zero attached hydrogens (tertiary/aromatic N) is 2. The average molecular weight is 729 g/mol. The van der Waals surface area contributed by atoms with Crippen molar-refractivity contribution in [2.75, 3.05) is 92.2 Å². The van der Waals surface area contributed by atoms with Crippen LogP contribution in [0.1, 0.15) is 55.4 Å². The van der Waals surface area contributed by atoms with Gasteiger partial charge in [-0.1, -0.05) is 5.16 Å². The van der Waals surface area contributed by atoms with Gasteiger partial charge in [0, 0.05) is 76.3 Å². The number of hydrogen-bond donors (Lipinski definition) is 2. The molecule has 0 saturated heterocycles. The molecule has 0 aromatic rings. The minimum absolute atomic E-state index is 0.00463. The van der Waals surface area contributed by atoms with Gasteiger partial charge in [-0.25, -0.2) is 14.2 Å². The number of methoxy groups -OCH3 is 6. The minimum Gasteiger partial charge on any atom is -0.469 e. The average Bonchev–Trinajstić information content (AvgIpc) is 3.08. The fourth-order valence-corrected chi connectivity index (χ4v) is 1.12. The maximum atomic E-state index is 10.7. The number of phosphoric acid groups is 1. The summed E-state index contributed by atoms with van der Waals surface area (Å²) in [7, 11) is 15.4. The van der Waals surface area contributed by atoms with E-state index in [1.165, 1.54) is 77.8 Å². The van der Waals surface area contributed by atoms with Crippen LogP contribution in [0.25, 0.3) is 0 Å². The molecule has 0 aliphatic rings. The van der Waals surface area contributed by atoms with Gasteiger partial charge in [-0.05, 0) is 41.5 Å². The Labute approximate surface area is 288 Å². The van der Waals surface area contributed by atoms with Crippen molar-refractivity contribution in [3.8, 4) is 0 Å². The zero-order valence-electron chi connectivity index (χ0n) is 33.0. The zero-order valence-corrected chi connectivity index (χ0v) is 33.9. The molecule has 0 spiro atoms. The fraction of sp³-hybridized carbons (Fsp3) is 0.786. The van der Waals surface area contributed by atoms with Crippen molar-refractivity contribution in [2.24, 2.45) is 10.1 Å². The van der Waals surface area contributed by atoms with Gasteiger partial charge in [-0.3, -0.25) is 28.2 Å². The van der Waals surface area contributed by atoms with Crippen LogP contribution in [0, 0.1) is 0 Å². The molecule has 0 aliphatic heterocycles. The van der Waals surface area contributed by atoms with Crippen LogP contribution in [0.2, 0.25) is 0 Å². The molecule has 0 atom stereocenters. The molecule has 0 unspecified atom stereocenters. The summed E-state index contributed by atoms with van der Waals surface area (Å²) in [5.74, 6) is -0.657. The Morgan fingerprint density at radius 1 is 0.604 bits per heavy atom. The predicted octanol–water partition coefficient (Wildman–Crippen LogP) is 4.48. The van der Waals surface area contributed by atoms with Crippen molar-refractivity contribution in [2.45, 2.75) is 61.2 Å². The number of phosphoric ester groups is 1. The maximum absolute atomic E-state index is 10.7. The number of alkyl carbamates (subject to hydrolysis) is 1. The third-order valence-electron chi connectivity index (χ3n) is 3.74. The van der Waals surface area contributed by atoms with E-state index < -0.39 is 25.9 Å². The lowest BCUT2D eigenvalue weighted by Gasteiger charge is -2.19. The van der Waals surface area contributed by atoms with Gasteiger partial charge < -0.3 is 43.9 Å². The summed E-state index contributed by atoms with van der Waals surface area (Å²) in [5, 5.41) is 8.18. The summed E-state index contributed by atoms with van der Waals surface area (Å²) in [5.41, 5.74) is 2.07. The lowest BCUT2D eigenvalue weighted by Crippen LogP contribution is -2.24. The van der Waals surface area contributed by atoms with E-state index >= 15 is 0 Å².